The lowest BCUT2D eigenvalue weighted by molar-refractivity contribution is 0.359. The van der Waals surface area contributed by atoms with Gasteiger partial charge < -0.3 is 11.1 Å². The lowest BCUT2D eigenvalue weighted by atomic mass is 9.95. The fraction of sp³-hybridized carbons (Fsp3) is 0.538. The molecule has 0 amide bonds. The van der Waals surface area contributed by atoms with Gasteiger partial charge in [-0.2, -0.15) is 0 Å². The molecule has 5 heteroatoms. The predicted molar refractivity (Wildman–Crippen MR) is 72.3 cm³/mol. The molecule has 18 heavy (non-hydrogen) atoms. The highest BCUT2D eigenvalue weighted by Gasteiger charge is 2.21. The summed E-state index contributed by atoms with van der Waals surface area (Å²) in [4.78, 5) is 0.436. The van der Waals surface area contributed by atoms with Crippen molar-refractivity contribution >= 4 is 9.84 Å². The number of nitrogens with one attached hydrogen (secondary N) is 1. The van der Waals surface area contributed by atoms with Crippen LogP contribution in [0.4, 0.5) is 0 Å². The molecule has 0 saturated carbocycles. The fourth-order valence-electron chi connectivity index (χ4n) is 2.49. The zero-order valence-electron chi connectivity index (χ0n) is 10.6. The lowest BCUT2D eigenvalue weighted by Crippen LogP contribution is -2.44. The van der Waals surface area contributed by atoms with Gasteiger partial charge in [0.15, 0.2) is 9.84 Å². The molecule has 4 nitrogen and oxygen atoms in total. The molecule has 0 spiro atoms. The largest absolute Gasteiger partial charge is 0.328 e. The van der Waals surface area contributed by atoms with Crippen LogP contribution in [0.3, 0.4) is 0 Å². The number of sulfone groups is 1. The van der Waals surface area contributed by atoms with Crippen LogP contribution in [-0.2, 0) is 16.3 Å². The molecule has 2 rings (SSSR count). The van der Waals surface area contributed by atoms with E-state index in [-0.39, 0.29) is 12.1 Å². The van der Waals surface area contributed by atoms with Crippen LogP contribution >= 0.6 is 0 Å². The van der Waals surface area contributed by atoms with Gasteiger partial charge in [0.2, 0.25) is 0 Å². The van der Waals surface area contributed by atoms with Gasteiger partial charge in [0, 0.05) is 18.3 Å². The molecule has 1 aliphatic heterocycles. The van der Waals surface area contributed by atoms with Crippen molar-refractivity contribution in [2.45, 2.75) is 36.2 Å². The summed E-state index contributed by atoms with van der Waals surface area (Å²) in [7, 11) is -3.16. The molecule has 1 saturated heterocycles. The van der Waals surface area contributed by atoms with Crippen molar-refractivity contribution in [2.75, 3.05) is 12.8 Å². The molecule has 100 valence electrons. The Bertz CT molecular complexity index is 513. The third-order valence-corrected chi connectivity index (χ3v) is 4.57. The van der Waals surface area contributed by atoms with Crippen molar-refractivity contribution in [3.05, 3.63) is 29.8 Å². The van der Waals surface area contributed by atoms with Gasteiger partial charge in [0.1, 0.15) is 0 Å². The molecule has 1 aromatic rings. The second-order valence-electron chi connectivity index (χ2n) is 5.02. The minimum absolute atomic E-state index is 0.224. The van der Waals surface area contributed by atoms with Gasteiger partial charge in [-0.15, -0.1) is 0 Å². The van der Waals surface area contributed by atoms with E-state index in [1.165, 1.54) is 6.26 Å². The SMILES string of the molecule is CS(=O)(=O)c1ccccc1CC1CC(N)CCN1. The summed E-state index contributed by atoms with van der Waals surface area (Å²) < 4.78 is 23.4. The number of hydrogen-bond donors (Lipinski definition) is 2. The minimum Gasteiger partial charge on any atom is -0.328 e. The number of piperidine rings is 1. The van der Waals surface area contributed by atoms with E-state index >= 15 is 0 Å². The van der Waals surface area contributed by atoms with Gasteiger partial charge >= 0.3 is 0 Å². The third-order valence-electron chi connectivity index (χ3n) is 3.37. The van der Waals surface area contributed by atoms with Crippen molar-refractivity contribution in [1.29, 1.82) is 0 Å². The third kappa shape index (κ3) is 3.31. The molecule has 0 aliphatic carbocycles. The molecule has 1 heterocycles. The van der Waals surface area contributed by atoms with E-state index in [4.69, 9.17) is 5.73 Å². The smallest absolute Gasteiger partial charge is 0.175 e. The molecule has 1 aliphatic rings. The zero-order chi connectivity index (χ0) is 13.2. The highest BCUT2D eigenvalue weighted by Crippen LogP contribution is 2.19. The van der Waals surface area contributed by atoms with Gasteiger partial charge in [-0.3, -0.25) is 0 Å². The highest BCUT2D eigenvalue weighted by molar-refractivity contribution is 7.90. The number of rotatable bonds is 3. The summed E-state index contributed by atoms with van der Waals surface area (Å²) in [5.41, 5.74) is 6.83. The van der Waals surface area contributed by atoms with Crippen molar-refractivity contribution in [2.24, 2.45) is 5.73 Å². The summed E-state index contributed by atoms with van der Waals surface area (Å²) in [6.07, 6.45) is 3.87. The number of benzene rings is 1. The van der Waals surface area contributed by atoms with Gasteiger partial charge in [0.05, 0.1) is 4.90 Å². The van der Waals surface area contributed by atoms with Gasteiger partial charge in [-0.25, -0.2) is 8.42 Å². The van der Waals surface area contributed by atoms with Crippen molar-refractivity contribution < 1.29 is 8.42 Å². The first-order valence-electron chi connectivity index (χ1n) is 6.24. The maximum absolute atomic E-state index is 11.7. The first kappa shape index (κ1) is 13.5. The van der Waals surface area contributed by atoms with Crippen molar-refractivity contribution in [3.63, 3.8) is 0 Å². The monoisotopic (exact) mass is 268 g/mol. The summed E-state index contributed by atoms with van der Waals surface area (Å²) >= 11 is 0. The van der Waals surface area contributed by atoms with E-state index in [0.717, 1.165) is 31.4 Å². The second kappa shape index (κ2) is 5.38. The quantitative estimate of drug-likeness (QED) is 0.847. The molecule has 0 radical (unpaired) electrons. The van der Waals surface area contributed by atoms with E-state index in [0.29, 0.717) is 4.90 Å². The van der Waals surface area contributed by atoms with E-state index in [1.54, 1.807) is 12.1 Å². The van der Waals surface area contributed by atoms with Crippen LogP contribution in [0, 0.1) is 0 Å². The van der Waals surface area contributed by atoms with Crippen LogP contribution < -0.4 is 11.1 Å². The van der Waals surface area contributed by atoms with E-state index in [1.807, 2.05) is 12.1 Å². The first-order valence-corrected chi connectivity index (χ1v) is 8.13. The fourth-order valence-corrected chi connectivity index (χ4v) is 3.45. The molecule has 2 atom stereocenters. The van der Waals surface area contributed by atoms with E-state index < -0.39 is 9.84 Å². The number of nitrogens with two attached hydrogens (primary N) is 1. The van der Waals surface area contributed by atoms with Crippen LogP contribution in [0.1, 0.15) is 18.4 Å². The minimum atomic E-state index is -3.16. The predicted octanol–water partition coefficient (Wildman–Crippen LogP) is 0.712. The Balaban J connectivity index is 2.19. The second-order valence-corrected chi connectivity index (χ2v) is 7.00. The molecular formula is C13H20N2O2S. The maximum Gasteiger partial charge on any atom is 0.175 e. The molecule has 1 aromatic carbocycles. The Hall–Kier alpha value is -0.910. The molecule has 1 fully saturated rings. The van der Waals surface area contributed by atoms with Crippen LogP contribution in [-0.4, -0.2) is 33.3 Å². The Morgan fingerprint density at radius 3 is 2.78 bits per heavy atom. The van der Waals surface area contributed by atoms with Gasteiger partial charge in [0.25, 0.3) is 0 Å². The standard InChI is InChI=1S/C13H20N2O2S/c1-18(16,17)13-5-3-2-4-10(13)8-12-9-11(14)6-7-15-12/h2-5,11-12,15H,6-9,14H2,1H3. The Morgan fingerprint density at radius 1 is 1.39 bits per heavy atom. The van der Waals surface area contributed by atoms with Crippen LogP contribution in [0.15, 0.2) is 29.2 Å². The molecule has 0 bridgehead atoms. The highest BCUT2D eigenvalue weighted by atomic mass is 32.2. The summed E-state index contributed by atoms with van der Waals surface area (Å²) in [5, 5.41) is 3.40. The topological polar surface area (TPSA) is 72.2 Å². The van der Waals surface area contributed by atoms with Gasteiger partial charge in [-0.05, 0) is 37.4 Å². The summed E-state index contributed by atoms with van der Waals surface area (Å²) in [6.45, 7) is 0.910. The van der Waals surface area contributed by atoms with Crippen molar-refractivity contribution in [3.8, 4) is 0 Å². The zero-order valence-corrected chi connectivity index (χ0v) is 11.4. The average Bonchev–Trinajstić information content (AvgIpc) is 2.28. The Morgan fingerprint density at radius 2 is 2.11 bits per heavy atom. The lowest BCUT2D eigenvalue weighted by Gasteiger charge is -2.28. The average molecular weight is 268 g/mol. The molecule has 0 aromatic heterocycles. The summed E-state index contributed by atoms with van der Waals surface area (Å²) in [6, 6.07) is 7.71. The van der Waals surface area contributed by atoms with E-state index in [9.17, 15) is 8.42 Å². The van der Waals surface area contributed by atoms with Crippen LogP contribution in [0.5, 0.6) is 0 Å². The maximum atomic E-state index is 11.7. The van der Waals surface area contributed by atoms with E-state index in [2.05, 4.69) is 5.32 Å². The Kier molecular flexibility index (Phi) is 4.04. The Labute approximate surface area is 108 Å². The molecule has 2 unspecified atom stereocenters. The number of hydrogen-bond acceptors (Lipinski definition) is 4. The summed E-state index contributed by atoms with van der Waals surface area (Å²) in [5.74, 6) is 0. The normalized spacial score (nSPS) is 25.0. The molecule has 3 N–H and O–H groups in total. The first-order chi connectivity index (χ1) is 8.47. The van der Waals surface area contributed by atoms with Gasteiger partial charge in [-0.1, -0.05) is 18.2 Å². The van der Waals surface area contributed by atoms with Crippen LogP contribution in [0.2, 0.25) is 0 Å². The molecular weight excluding hydrogens is 248 g/mol. The van der Waals surface area contributed by atoms with Crippen LogP contribution in [0.25, 0.3) is 0 Å². The van der Waals surface area contributed by atoms with Crippen molar-refractivity contribution in [1.82, 2.24) is 5.32 Å².